The number of amides is 2. The van der Waals surface area contributed by atoms with Crippen LogP contribution in [0.5, 0.6) is 0 Å². The minimum Gasteiger partial charge on any atom is -0.352 e. The van der Waals surface area contributed by atoms with Crippen LogP contribution in [-0.2, 0) is 4.79 Å². The summed E-state index contributed by atoms with van der Waals surface area (Å²) >= 11 is 1.35. The van der Waals surface area contributed by atoms with Gasteiger partial charge in [-0.25, -0.2) is 0 Å². The molecular formula is C16H18N2O2S. The van der Waals surface area contributed by atoms with Crippen molar-refractivity contribution >= 4 is 23.2 Å². The van der Waals surface area contributed by atoms with E-state index in [4.69, 9.17) is 0 Å². The highest BCUT2D eigenvalue weighted by atomic mass is 32.1. The minimum absolute atomic E-state index is 0.0161. The van der Waals surface area contributed by atoms with Gasteiger partial charge in [0.05, 0.1) is 4.88 Å². The summed E-state index contributed by atoms with van der Waals surface area (Å²) in [5.41, 5.74) is 0.764. The summed E-state index contributed by atoms with van der Waals surface area (Å²) in [5.74, 6) is -0.445. The second-order valence-corrected chi connectivity index (χ2v) is 5.91. The lowest BCUT2D eigenvalue weighted by molar-refractivity contribution is -0.123. The van der Waals surface area contributed by atoms with Gasteiger partial charge in [0.2, 0.25) is 5.91 Å². The molecular weight excluding hydrogens is 284 g/mol. The summed E-state index contributed by atoms with van der Waals surface area (Å²) in [6.07, 6.45) is 0. The highest BCUT2D eigenvalue weighted by Gasteiger charge is 2.23. The molecule has 21 heavy (non-hydrogen) atoms. The summed E-state index contributed by atoms with van der Waals surface area (Å²) in [6, 6.07) is 12.1. The van der Waals surface area contributed by atoms with Gasteiger partial charge in [0.25, 0.3) is 5.91 Å². The summed E-state index contributed by atoms with van der Waals surface area (Å²) in [6.45, 7) is 3.78. The summed E-state index contributed by atoms with van der Waals surface area (Å²) in [4.78, 5) is 25.1. The fourth-order valence-corrected chi connectivity index (χ4v) is 2.55. The van der Waals surface area contributed by atoms with Gasteiger partial charge in [0, 0.05) is 6.04 Å². The molecule has 0 saturated heterocycles. The first-order valence-electron chi connectivity index (χ1n) is 6.77. The van der Waals surface area contributed by atoms with Crippen LogP contribution in [0.3, 0.4) is 0 Å². The van der Waals surface area contributed by atoms with Crippen molar-refractivity contribution in [3.05, 3.63) is 58.3 Å². The van der Waals surface area contributed by atoms with E-state index in [1.165, 1.54) is 11.3 Å². The molecule has 0 aliphatic heterocycles. The minimum atomic E-state index is -0.691. The Bertz CT molecular complexity index is 594. The molecule has 0 aliphatic rings. The molecule has 2 aromatic rings. The van der Waals surface area contributed by atoms with Crippen LogP contribution >= 0.6 is 11.3 Å². The first-order chi connectivity index (χ1) is 10.1. The van der Waals surface area contributed by atoms with Crippen LogP contribution < -0.4 is 10.6 Å². The normalized spacial score (nSPS) is 12.0. The van der Waals surface area contributed by atoms with E-state index < -0.39 is 6.04 Å². The van der Waals surface area contributed by atoms with E-state index in [0.29, 0.717) is 4.88 Å². The lowest BCUT2D eigenvalue weighted by atomic mass is 10.1. The summed E-state index contributed by atoms with van der Waals surface area (Å²) in [5, 5.41) is 7.48. The monoisotopic (exact) mass is 302 g/mol. The van der Waals surface area contributed by atoms with Crippen LogP contribution in [0, 0.1) is 0 Å². The molecule has 1 aromatic carbocycles. The molecule has 0 aliphatic carbocycles. The number of hydrogen-bond acceptors (Lipinski definition) is 3. The molecule has 0 bridgehead atoms. The van der Waals surface area contributed by atoms with Gasteiger partial charge in [-0.2, -0.15) is 0 Å². The summed E-state index contributed by atoms with van der Waals surface area (Å²) < 4.78 is 0. The zero-order chi connectivity index (χ0) is 15.2. The van der Waals surface area contributed by atoms with Crippen molar-refractivity contribution in [2.75, 3.05) is 0 Å². The number of carbonyl (C=O) groups is 2. The van der Waals surface area contributed by atoms with Crippen LogP contribution in [-0.4, -0.2) is 17.9 Å². The number of thiophene rings is 1. The van der Waals surface area contributed by atoms with Gasteiger partial charge in [0.15, 0.2) is 0 Å². The fourth-order valence-electron chi connectivity index (χ4n) is 1.92. The molecule has 1 aromatic heterocycles. The van der Waals surface area contributed by atoms with Crippen molar-refractivity contribution < 1.29 is 9.59 Å². The molecule has 2 amide bonds. The maximum absolute atomic E-state index is 12.3. The van der Waals surface area contributed by atoms with Crippen molar-refractivity contribution in [1.82, 2.24) is 10.6 Å². The number of hydrogen-bond donors (Lipinski definition) is 2. The second kappa shape index (κ2) is 7.04. The third-order valence-electron chi connectivity index (χ3n) is 2.85. The van der Waals surface area contributed by atoms with Crippen LogP contribution in [0.2, 0.25) is 0 Å². The van der Waals surface area contributed by atoms with Gasteiger partial charge in [-0.3, -0.25) is 9.59 Å². The van der Waals surface area contributed by atoms with Gasteiger partial charge in [-0.1, -0.05) is 36.4 Å². The topological polar surface area (TPSA) is 58.2 Å². The maximum Gasteiger partial charge on any atom is 0.262 e. The molecule has 2 rings (SSSR count). The Kier molecular flexibility index (Phi) is 5.11. The quantitative estimate of drug-likeness (QED) is 0.892. The number of carbonyl (C=O) groups excluding carboxylic acids is 2. The Morgan fingerprint density at radius 1 is 1.00 bits per heavy atom. The first-order valence-corrected chi connectivity index (χ1v) is 7.65. The zero-order valence-electron chi connectivity index (χ0n) is 12.0. The Labute approximate surface area is 128 Å². The van der Waals surface area contributed by atoms with Crippen LogP contribution in [0.4, 0.5) is 0 Å². The zero-order valence-corrected chi connectivity index (χ0v) is 12.8. The van der Waals surface area contributed by atoms with Crippen molar-refractivity contribution in [3.63, 3.8) is 0 Å². The Morgan fingerprint density at radius 3 is 2.29 bits per heavy atom. The third-order valence-corrected chi connectivity index (χ3v) is 3.72. The Hall–Kier alpha value is -2.14. The molecule has 0 fully saturated rings. The number of benzene rings is 1. The van der Waals surface area contributed by atoms with Gasteiger partial charge in [-0.15, -0.1) is 11.3 Å². The molecule has 1 atom stereocenters. The standard InChI is InChI=1S/C16H18N2O2S/c1-11(2)17-16(20)14(12-7-4-3-5-8-12)18-15(19)13-9-6-10-21-13/h3-11,14H,1-2H3,(H,17,20)(H,18,19)/t14-/m0/s1. The van der Waals surface area contributed by atoms with Gasteiger partial charge >= 0.3 is 0 Å². The molecule has 0 spiro atoms. The van der Waals surface area contributed by atoms with Gasteiger partial charge in [0.1, 0.15) is 6.04 Å². The van der Waals surface area contributed by atoms with Crippen LogP contribution in [0.25, 0.3) is 0 Å². The van der Waals surface area contributed by atoms with Gasteiger partial charge < -0.3 is 10.6 Å². The first kappa shape index (κ1) is 15.3. The van der Waals surface area contributed by atoms with E-state index in [-0.39, 0.29) is 17.9 Å². The third kappa shape index (κ3) is 4.16. The molecule has 110 valence electrons. The van der Waals surface area contributed by atoms with Gasteiger partial charge in [-0.05, 0) is 30.9 Å². The highest BCUT2D eigenvalue weighted by molar-refractivity contribution is 7.12. The van der Waals surface area contributed by atoms with E-state index in [0.717, 1.165) is 5.56 Å². The number of rotatable bonds is 5. The Balaban J connectivity index is 2.20. The van der Waals surface area contributed by atoms with E-state index >= 15 is 0 Å². The lowest BCUT2D eigenvalue weighted by Crippen LogP contribution is -2.42. The van der Waals surface area contributed by atoms with E-state index in [1.54, 1.807) is 6.07 Å². The van der Waals surface area contributed by atoms with E-state index in [9.17, 15) is 9.59 Å². The van der Waals surface area contributed by atoms with E-state index in [1.807, 2.05) is 55.6 Å². The lowest BCUT2D eigenvalue weighted by Gasteiger charge is -2.20. The highest BCUT2D eigenvalue weighted by Crippen LogP contribution is 2.16. The second-order valence-electron chi connectivity index (χ2n) is 4.96. The largest absolute Gasteiger partial charge is 0.352 e. The van der Waals surface area contributed by atoms with Crippen molar-refractivity contribution in [3.8, 4) is 0 Å². The number of nitrogens with one attached hydrogen (secondary N) is 2. The van der Waals surface area contributed by atoms with Crippen LogP contribution in [0.15, 0.2) is 47.8 Å². The molecule has 1 heterocycles. The predicted octanol–water partition coefficient (Wildman–Crippen LogP) is 2.74. The molecule has 0 radical (unpaired) electrons. The average Bonchev–Trinajstić information content (AvgIpc) is 2.99. The van der Waals surface area contributed by atoms with Crippen LogP contribution in [0.1, 0.15) is 35.1 Å². The SMILES string of the molecule is CC(C)NC(=O)[C@@H](NC(=O)c1cccs1)c1ccccc1. The smallest absolute Gasteiger partial charge is 0.262 e. The molecule has 0 unspecified atom stereocenters. The fraction of sp³-hybridized carbons (Fsp3) is 0.250. The van der Waals surface area contributed by atoms with Crippen molar-refractivity contribution in [2.24, 2.45) is 0 Å². The molecule has 2 N–H and O–H groups in total. The molecule has 5 heteroatoms. The van der Waals surface area contributed by atoms with Crippen molar-refractivity contribution in [1.29, 1.82) is 0 Å². The maximum atomic E-state index is 12.3. The summed E-state index contributed by atoms with van der Waals surface area (Å²) in [7, 11) is 0. The molecule has 0 saturated carbocycles. The average molecular weight is 302 g/mol. The Morgan fingerprint density at radius 2 is 1.71 bits per heavy atom. The van der Waals surface area contributed by atoms with E-state index in [2.05, 4.69) is 10.6 Å². The molecule has 4 nitrogen and oxygen atoms in total. The predicted molar refractivity (Wildman–Crippen MR) is 84.2 cm³/mol. The van der Waals surface area contributed by atoms with Crippen molar-refractivity contribution in [2.45, 2.75) is 25.9 Å².